The summed E-state index contributed by atoms with van der Waals surface area (Å²) >= 11 is 2.99. The first kappa shape index (κ1) is 14.7. The van der Waals surface area contributed by atoms with E-state index < -0.39 is 10.0 Å². The van der Waals surface area contributed by atoms with Crippen molar-refractivity contribution < 1.29 is 22.7 Å². The van der Waals surface area contributed by atoms with E-state index in [4.69, 9.17) is 14.3 Å². The minimum Gasteiger partial charge on any atom is -0.450 e. The molecule has 0 radical (unpaired) electrons. The lowest BCUT2D eigenvalue weighted by Gasteiger charge is -2.10. The van der Waals surface area contributed by atoms with Crippen LogP contribution in [0.4, 0.5) is 0 Å². The van der Waals surface area contributed by atoms with Gasteiger partial charge in [-0.05, 0) is 22.9 Å². The summed E-state index contributed by atoms with van der Waals surface area (Å²) in [5.41, 5.74) is 0. The Balaban J connectivity index is 2.85. The van der Waals surface area contributed by atoms with Gasteiger partial charge in [-0.15, -0.1) is 0 Å². The molecule has 0 spiro atoms. The van der Waals surface area contributed by atoms with Gasteiger partial charge in [0.2, 0.25) is 10.0 Å². The highest BCUT2D eigenvalue weighted by atomic mass is 79.9. The van der Waals surface area contributed by atoms with E-state index in [2.05, 4.69) is 20.7 Å². The molecule has 2 N–H and O–H groups in total. The number of aliphatic hydroxyl groups is 1. The summed E-state index contributed by atoms with van der Waals surface area (Å²) in [5.74, 6) is 0.178. The van der Waals surface area contributed by atoms with Crippen LogP contribution in [0.3, 0.4) is 0 Å². The maximum Gasteiger partial charge on any atom is 0.245 e. The number of rotatable bonds is 6. The molecule has 1 heterocycles. The Morgan fingerprint density at radius 2 is 2.29 bits per heavy atom. The first-order valence-electron chi connectivity index (χ1n) is 4.82. The summed E-state index contributed by atoms with van der Waals surface area (Å²) in [6.45, 7) is 1.54. The minimum atomic E-state index is -3.67. The first-order valence-corrected chi connectivity index (χ1v) is 7.10. The molecule has 1 atom stereocenters. The third-order valence-corrected chi connectivity index (χ3v) is 4.40. The smallest absolute Gasteiger partial charge is 0.245 e. The van der Waals surface area contributed by atoms with Crippen LogP contribution >= 0.6 is 15.9 Å². The number of methoxy groups -OCH3 is 1. The van der Waals surface area contributed by atoms with E-state index in [1.165, 1.54) is 13.2 Å². The van der Waals surface area contributed by atoms with Gasteiger partial charge in [0.15, 0.2) is 4.67 Å². The van der Waals surface area contributed by atoms with Gasteiger partial charge in [-0.25, -0.2) is 13.1 Å². The fourth-order valence-corrected chi connectivity index (χ4v) is 3.16. The number of sulfonamides is 1. The number of halogens is 1. The number of hydrogen-bond acceptors (Lipinski definition) is 5. The molecule has 17 heavy (non-hydrogen) atoms. The van der Waals surface area contributed by atoms with Crippen LogP contribution in [0.5, 0.6) is 0 Å². The average molecular weight is 328 g/mol. The van der Waals surface area contributed by atoms with E-state index in [-0.39, 0.29) is 34.6 Å². The molecule has 0 aliphatic heterocycles. The second kappa shape index (κ2) is 5.96. The highest BCUT2D eigenvalue weighted by molar-refractivity contribution is 9.10. The van der Waals surface area contributed by atoms with Crippen LogP contribution in [0.25, 0.3) is 0 Å². The van der Waals surface area contributed by atoms with Crippen molar-refractivity contribution in [3.05, 3.63) is 16.5 Å². The summed E-state index contributed by atoms with van der Waals surface area (Å²) < 4.78 is 36.1. The summed E-state index contributed by atoms with van der Waals surface area (Å²) in [6.07, 6.45) is -0.229. The van der Waals surface area contributed by atoms with E-state index in [9.17, 15) is 8.42 Å². The molecule has 0 saturated carbocycles. The SMILES string of the molecule is COC(C)CNS(=O)(=O)c1cc(CO)oc1Br. The Morgan fingerprint density at radius 1 is 1.65 bits per heavy atom. The van der Waals surface area contributed by atoms with Crippen molar-refractivity contribution >= 4 is 26.0 Å². The van der Waals surface area contributed by atoms with Crippen LogP contribution in [0.15, 0.2) is 20.0 Å². The van der Waals surface area contributed by atoms with Gasteiger partial charge >= 0.3 is 0 Å². The van der Waals surface area contributed by atoms with Gasteiger partial charge in [-0.3, -0.25) is 0 Å². The zero-order valence-corrected chi connectivity index (χ0v) is 11.8. The molecule has 0 bridgehead atoms. The Hall–Kier alpha value is -0.410. The van der Waals surface area contributed by atoms with Gasteiger partial charge in [-0.2, -0.15) is 0 Å². The molecule has 0 aliphatic carbocycles. The second-order valence-corrected chi connectivity index (χ2v) is 5.86. The predicted octanol–water partition coefficient (Wildman–Crippen LogP) is 0.848. The average Bonchev–Trinajstić information content (AvgIpc) is 2.68. The summed E-state index contributed by atoms with van der Waals surface area (Å²) in [5, 5.41) is 8.85. The van der Waals surface area contributed by atoms with Crippen molar-refractivity contribution in [2.24, 2.45) is 0 Å². The minimum absolute atomic E-state index is 0.0372. The fourth-order valence-electron chi connectivity index (χ4n) is 1.05. The molecule has 0 saturated heterocycles. The van der Waals surface area contributed by atoms with Crippen LogP contribution in [0.1, 0.15) is 12.7 Å². The van der Waals surface area contributed by atoms with Gasteiger partial charge in [0.25, 0.3) is 0 Å². The van der Waals surface area contributed by atoms with Gasteiger partial charge in [0.05, 0.1) is 6.10 Å². The largest absolute Gasteiger partial charge is 0.450 e. The third-order valence-electron chi connectivity index (χ3n) is 2.12. The summed E-state index contributed by atoms with van der Waals surface area (Å²) in [7, 11) is -2.17. The fraction of sp³-hybridized carbons (Fsp3) is 0.556. The number of aliphatic hydroxyl groups excluding tert-OH is 1. The van der Waals surface area contributed by atoms with Crippen molar-refractivity contribution in [3.8, 4) is 0 Å². The zero-order valence-electron chi connectivity index (χ0n) is 9.44. The molecule has 1 unspecified atom stereocenters. The molecular formula is C9H14BrNO5S. The lowest BCUT2D eigenvalue weighted by atomic mass is 10.4. The molecule has 0 aliphatic rings. The number of hydrogen-bond donors (Lipinski definition) is 2. The molecule has 0 fully saturated rings. The molecular weight excluding hydrogens is 314 g/mol. The standard InChI is InChI=1S/C9H14BrNO5S/c1-6(15-2)4-11-17(13,14)8-3-7(5-12)16-9(8)10/h3,6,11-12H,4-5H2,1-2H3. The topological polar surface area (TPSA) is 88.8 Å². The van der Waals surface area contributed by atoms with E-state index in [1.807, 2.05) is 0 Å². The lowest BCUT2D eigenvalue weighted by Crippen LogP contribution is -2.31. The van der Waals surface area contributed by atoms with Crippen molar-refractivity contribution in [2.75, 3.05) is 13.7 Å². The van der Waals surface area contributed by atoms with E-state index in [0.29, 0.717) is 0 Å². The van der Waals surface area contributed by atoms with E-state index in [1.54, 1.807) is 6.92 Å². The van der Waals surface area contributed by atoms with Gasteiger partial charge in [0, 0.05) is 19.7 Å². The lowest BCUT2D eigenvalue weighted by molar-refractivity contribution is 0.122. The van der Waals surface area contributed by atoms with Gasteiger partial charge in [0.1, 0.15) is 17.3 Å². The summed E-state index contributed by atoms with van der Waals surface area (Å²) in [4.78, 5) is -0.0372. The van der Waals surface area contributed by atoms with Crippen LogP contribution in [-0.2, 0) is 21.4 Å². The molecule has 6 nitrogen and oxygen atoms in total. The number of furan rings is 1. The first-order chi connectivity index (χ1) is 7.90. The molecule has 0 amide bonds. The third kappa shape index (κ3) is 3.78. The van der Waals surface area contributed by atoms with Gasteiger partial charge in [-0.1, -0.05) is 0 Å². The molecule has 1 aromatic heterocycles. The Labute approximate surface area is 108 Å². The molecule has 98 valence electrons. The molecule has 1 aromatic rings. The number of ether oxygens (including phenoxy) is 1. The van der Waals surface area contributed by atoms with Crippen LogP contribution in [-0.4, -0.2) is 33.3 Å². The Morgan fingerprint density at radius 3 is 2.76 bits per heavy atom. The van der Waals surface area contributed by atoms with E-state index in [0.717, 1.165) is 0 Å². The predicted molar refractivity (Wildman–Crippen MR) is 64.0 cm³/mol. The van der Waals surface area contributed by atoms with Crippen LogP contribution < -0.4 is 4.72 Å². The zero-order chi connectivity index (χ0) is 13.1. The molecule has 1 rings (SSSR count). The van der Waals surface area contributed by atoms with Crippen molar-refractivity contribution in [1.82, 2.24) is 4.72 Å². The van der Waals surface area contributed by atoms with Crippen molar-refractivity contribution in [3.63, 3.8) is 0 Å². The van der Waals surface area contributed by atoms with Crippen molar-refractivity contribution in [2.45, 2.75) is 24.5 Å². The van der Waals surface area contributed by atoms with Crippen LogP contribution in [0, 0.1) is 0 Å². The Kier molecular flexibility index (Phi) is 5.14. The van der Waals surface area contributed by atoms with E-state index >= 15 is 0 Å². The van der Waals surface area contributed by atoms with Crippen LogP contribution in [0.2, 0.25) is 0 Å². The Bertz CT molecular complexity index is 470. The quantitative estimate of drug-likeness (QED) is 0.808. The normalized spacial score (nSPS) is 13.9. The highest BCUT2D eigenvalue weighted by Gasteiger charge is 2.22. The monoisotopic (exact) mass is 327 g/mol. The second-order valence-electron chi connectivity index (χ2n) is 3.41. The van der Waals surface area contributed by atoms with Crippen molar-refractivity contribution in [1.29, 1.82) is 0 Å². The highest BCUT2D eigenvalue weighted by Crippen LogP contribution is 2.25. The van der Waals surface area contributed by atoms with Gasteiger partial charge < -0.3 is 14.3 Å². The molecule has 0 aromatic carbocycles. The maximum absolute atomic E-state index is 11.9. The number of nitrogens with one attached hydrogen (secondary N) is 1. The maximum atomic E-state index is 11.9. The summed E-state index contributed by atoms with van der Waals surface area (Å²) in [6, 6.07) is 1.27. The molecule has 8 heteroatoms.